The van der Waals surface area contributed by atoms with E-state index >= 15 is 0 Å². The normalized spacial score (nSPS) is 25.0. The van der Waals surface area contributed by atoms with Gasteiger partial charge in [0, 0.05) is 38.1 Å². The van der Waals surface area contributed by atoms with E-state index in [9.17, 15) is 9.90 Å². The van der Waals surface area contributed by atoms with Crippen LogP contribution in [0, 0.1) is 12.8 Å². The molecule has 1 aliphatic heterocycles. The average molecular weight is 345 g/mol. The number of aliphatic hydroxyl groups excluding tert-OH is 1. The van der Waals surface area contributed by atoms with Crippen molar-refractivity contribution in [3.05, 3.63) is 35.4 Å². The van der Waals surface area contributed by atoms with Gasteiger partial charge in [0.1, 0.15) is 0 Å². The lowest BCUT2D eigenvalue weighted by Gasteiger charge is -2.32. The number of carbonyl (C=O) groups is 1. The number of rotatable bonds is 5. The predicted octanol–water partition coefficient (Wildman–Crippen LogP) is 2.42. The van der Waals surface area contributed by atoms with Crippen molar-refractivity contribution in [2.75, 3.05) is 19.6 Å². The summed E-state index contributed by atoms with van der Waals surface area (Å²) in [6.07, 6.45) is 4.68. The fraction of sp³-hybridized carbons (Fsp3) is 0.650. The second-order valence-corrected chi connectivity index (χ2v) is 7.65. The molecule has 0 unspecified atom stereocenters. The molecule has 1 aliphatic carbocycles. The number of hydrogen-bond donors (Lipinski definition) is 3. The Bertz CT molecular complexity index is 570. The summed E-state index contributed by atoms with van der Waals surface area (Å²) in [6, 6.07) is 8.84. The SMILES string of the molecule is Cc1cccc(CN2CCC(NC(=O)NC[C@H]3CCC[C@H]3O)CC2)c1. The van der Waals surface area contributed by atoms with Crippen LogP contribution in [0.4, 0.5) is 4.79 Å². The van der Waals surface area contributed by atoms with E-state index in [1.807, 2.05) is 0 Å². The van der Waals surface area contributed by atoms with Crippen LogP contribution >= 0.6 is 0 Å². The molecule has 1 heterocycles. The molecule has 1 aromatic carbocycles. The van der Waals surface area contributed by atoms with Crippen LogP contribution in [0.2, 0.25) is 0 Å². The largest absolute Gasteiger partial charge is 0.393 e. The summed E-state index contributed by atoms with van der Waals surface area (Å²) in [5.41, 5.74) is 2.66. The van der Waals surface area contributed by atoms with Crippen molar-refractivity contribution >= 4 is 6.03 Å². The van der Waals surface area contributed by atoms with Gasteiger partial charge >= 0.3 is 6.03 Å². The Morgan fingerprint density at radius 2 is 2.04 bits per heavy atom. The molecule has 5 nitrogen and oxygen atoms in total. The highest BCUT2D eigenvalue weighted by Crippen LogP contribution is 2.24. The molecule has 2 amide bonds. The first-order chi connectivity index (χ1) is 12.1. The molecule has 2 aliphatic rings. The Morgan fingerprint density at radius 3 is 2.72 bits per heavy atom. The van der Waals surface area contributed by atoms with Crippen LogP contribution in [0.3, 0.4) is 0 Å². The number of carbonyl (C=O) groups excluding carboxylic acids is 1. The number of benzene rings is 1. The lowest BCUT2D eigenvalue weighted by Crippen LogP contribution is -2.48. The van der Waals surface area contributed by atoms with Crippen molar-refractivity contribution < 1.29 is 9.90 Å². The van der Waals surface area contributed by atoms with Crippen LogP contribution < -0.4 is 10.6 Å². The zero-order valence-electron chi connectivity index (χ0n) is 15.2. The van der Waals surface area contributed by atoms with Gasteiger partial charge in [-0.3, -0.25) is 4.90 Å². The molecule has 1 saturated carbocycles. The lowest BCUT2D eigenvalue weighted by atomic mass is 10.0. The van der Waals surface area contributed by atoms with Gasteiger partial charge in [0.25, 0.3) is 0 Å². The smallest absolute Gasteiger partial charge is 0.315 e. The molecule has 138 valence electrons. The Hall–Kier alpha value is -1.59. The molecule has 3 rings (SSSR count). The minimum absolute atomic E-state index is 0.0868. The number of aliphatic hydroxyl groups is 1. The van der Waals surface area contributed by atoms with Crippen LogP contribution in [0.5, 0.6) is 0 Å². The number of hydrogen-bond acceptors (Lipinski definition) is 3. The second kappa shape index (κ2) is 8.68. The van der Waals surface area contributed by atoms with Gasteiger partial charge in [-0.1, -0.05) is 36.2 Å². The van der Waals surface area contributed by atoms with Crippen LogP contribution in [-0.2, 0) is 6.54 Å². The summed E-state index contributed by atoms with van der Waals surface area (Å²) >= 11 is 0. The summed E-state index contributed by atoms with van der Waals surface area (Å²) in [4.78, 5) is 14.5. The van der Waals surface area contributed by atoms with Gasteiger partial charge in [-0.05, 0) is 38.2 Å². The Balaban J connectivity index is 1.35. The topological polar surface area (TPSA) is 64.6 Å². The van der Waals surface area contributed by atoms with Gasteiger partial charge in [-0.2, -0.15) is 0 Å². The Labute approximate surface area is 150 Å². The van der Waals surface area contributed by atoms with E-state index in [0.717, 1.165) is 51.7 Å². The quantitative estimate of drug-likeness (QED) is 0.768. The van der Waals surface area contributed by atoms with Crippen molar-refractivity contribution in [3.8, 4) is 0 Å². The molecule has 0 bridgehead atoms. The summed E-state index contributed by atoms with van der Waals surface area (Å²) < 4.78 is 0. The van der Waals surface area contributed by atoms with Crippen LogP contribution in [0.1, 0.15) is 43.2 Å². The molecule has 2 atom stereocenters. The number of urea groups is 1. The third kappa shape index (κ3) is 5.44. The van der Waals surface area contributed by atoms with Crippen molar-refractivity contribution in [2.24, 2.45) is 5.92 Å². The summed E-state index contributed by atoms with van der Waals surface area (Å²) in [5.74, 6) is 0.224. The van der Waals surface area contributed by atoms with Gasteiger partial charge in [0.2, 0.25) is 0 Å². The van der Waals surface area contributed by atoms with Crippen molar-refractivity contribution in [2.45, 2.75) is 57.7 Å². The van der Waals surface area contributed by atoms with Crippen molar-refractivity contribution in [3.63, 3.8) is 0 Å². The Kier molecular flexibility index (Phi) is 6.32. The number of amides is 2. The van der Waals surface area contributed by atoms with Crippen molar-refractivity contribution in [1.29, 1.82) is 0 Å². The molecule has 1 saturated heterocycles. The number of piperidine rings is 1. The highest BCUT2D eigenvalue weighted by Gasteiger charge is 2.26. The molecule has 5 heteroatoms. The van der Waals surface area contributed by atoms with E-state index in [2.05, 4.69) is 46.7 Å². The molecule has 2 fully saturated rings. The summed E-state index contributed by atoms with van der Waals surface area (Å²) in [6.45, 7) is 5.72. The first-order valence-electron chi connectivity index (χ1n) is 9.60. The predicted molar refractivity (Wildman–Crippen MR) is 99.4 cm³/mol. The van der Waals surface area contributed by atoms with E-state index in [1.165, 1.54) is 11.1 Å². The zero-order valence-corrected chi connectivity index (χ0v) is 15.2. The molecule has 0 spiro atoms. The van der Waals surface area contributed by atoms with E-state index in [0.29, 0.717) is 6.54 Å². The summed E-state index contributed by atoms with van der Waals surface area (Å²) in [5, 5.41) is 15.8. The highest BCUT2D eigenvalue weighted by molar-refractivity contribution is 5.74. The van der Waals surface area contributed by atoms with E-state index in [-0.39, 0.29) is 24.1 Å². The first-order valence-corrected chi connectivity index (χ1v) is 9.60. The molecule has 0 aromatic heterocycles. The van der Waals surface area contributed by atoms with Gasteiger partial charge in [0.05, 0.1) is 6.10 Å². The monoisotopic (exact) mass is 345 g/mol. The first kappa shape index (κ1) is 18.2. The maximum absolute atomic E-state index is 12.1. The van der Waals surface area contributed by atoms with Crippen LogP contribution in [-0.4, -0.2) is 47.8 Å². The van der Waals surface area contributed by atoms with Crippen LogP contribution in [0.25, 0.3) is 0 Å². The Morgan fingerprint density at radius 1 is 1.24 bits per heavy atom. The van der Waals surface area contributed by atoms with Gasteiger partial charge in [-0.15, -0.1) is 0 Å². The molecule has 1 aromatic rings. The van der Waals surface area contributed by atoms with E-state index < -0.39 is 0 Å². The molecule has 25 heavy (non-hydrogen) atoms. The fourth-order valence-electron chi connectivity index (χ4n) is 4.02. The zero-order chi connectivity index (χ0) is 17.6. The molecule has 0 radical (unpaired) electrons. The van der Waals surface area contributed by atoms with Gasteiger partial charge < -0.3 is 15.7 Å². The maximum Gasteiger partial charge on any atom is 0.315 e. The van der Waals surface area contributed by atoms with E-state index in [4.69, 9.17) is 0 Å². The minimum atomic E-state index is -0.245. The molecular formula is C20H31N3O2. The standard InChI is InChI=1S/C20H31N3O2/c1-15-4-2-5-16(12-15)14-23-10-8-18(9-11-23)22-20(25)21-13-17-6-3-7-19(17)24/h2,4-5,12,17-19,24H,3,6-11,13-14H2,1H3,(H2,21,22,25)/t17-,19-/m1/s1. The summed E-state index contributed by atoms with van der Waals surface area (Å²) in [7, 11) is 0. The van der Waals surface area contributed by atoms with Crippen molar-refractivity contribution in [1.82, 2.24) is 15.5 Å². The second-order valence-electron chi connectivity index (χ2n) is 7.65. The number of likely N-dealkylation sites (tertiary alicyclic amines) is 1. The molecule has 3 N–H and O–H groups in total. The average Bonchev–Trinajstić information content (AvgIpc) is 3.00. The highest BCUT2D eigenvalue weighted by atomic mass is 16.3. The lowest BCUT2D eigenvalue weighted by molar-refractivity contribution is 0.132. The number of aryl methyl sites for hydroxylation is 1. The van der Waals surface area contributed by atoms with Gasteiger partial charge in [-0.25, -0.2) is 4.79 Å². The minimum Gasteiger partial charge on any atom is -0.393 e. The van der Waals surface area contributed by atoms with E-state index in [1.54, 1.807) is 0 Å². The van der Waals surface area contributed by atoms with Crippen LogP contribution in [0.15, 0.2) is 24.3 Å². The number of nitrogens with one attached hydrogen (secondary N) is 2. The number of nitrogens with zero attached hydrogens (tertiary/aromatic N) is 1. The molecular weight excluding hydrogens is 314 g/mol. The maximum atomic E-state index is 12.1. The third-order valence-electron chi connectivity index (χ3n) is 5.56. The van der Waals surface area contributed by atoms with Gasteiger partial charge in [0.15, 0.2) is 0 Å². The third-order valence-corrected chi connectivity index (χ3v) is 5.56. The fourth-order valence-corrected chi connectivity index (χ4v) is 4.02.